The fourth-order valence-corrected chi connectivity index (χ4v) is 2.83. The fourth-order valence-electron chi connectivity index (χ4n) is 2.07. The van der Waals surface area contributed by atoms with Gasteiger partial charge < -0.3 is 10.3 Å². The summed E-state index contributed by atoms with van der Waals surface area (Å²) >= 11 is 1.64. The molecule has 0 saturated carbocycles. The van der Waals surface area contributed by atoms with Crippen LogP contribution in [-0.4, -0.2) is 10.9 Å². The zero-order chi connectivity index (χ0) is 13.2. The third-order valence-electron chi connectivity index (χ3n) is 3.21. The van der Waals surface area contributed by atoms with Crippen LogP contribution in [-0.2, 0) is 0 Å². The molecule has 2 aromatic heterocycles. The van der Waals surface area contributed by atoms with E-state index in [0.29, 0.717) is 5.56 Å². The summed E-state index contributed by atoms with van der Waals surface area (Å²) in [5.74, 6) is -0.0461. The third kappa shape index (κ3) is 2.39. The van der Waals surface area contributed by atoms with Gasteiger partial charge in [0.25, 0.3) is 5.91 Å². The van der Waals surface area contributed by atoms with Crippen molar-refractivity contribution in [3.05, 3.63) is 58.4 Å². The molecular weight excluding hydrogens is 256 g/mol. The lowest BCUT2D eigenvalue weighted by Gasteiger charge is -2.12. The number of aromatic nitrogens is 1. The number of nitrogens with one attached hydrogen (secondary N) is 2. The normalized spacial score (nSPS) is 12.5. The average Bonchev–Trinajstić information content (AvgIpc) is 3.09. The molecule has 1 aromatic carbocycles. The van der Waals surface area contributed by atoms with E-state index >= 15 is 0 Å². The molecule has 0 aliphatic rings. The molecule has 3 nitrogen and oxygen atoms in total. The summed E-state index contributed by atoms with van der Waals surface area (Å²) in [6, 6.07) is 9.74. The van der Waals surface area contributed by atoms with Crippen molar-refractivity contribution in [2.45, 2.75) is 13.0 Å². The zero-order valence-corrected chi connectivity index (χ0v) is 11.3. The molecule has 96 valence electrons. The first-order valence-electron chi connectivity index (χ1n) is 6.14. The van der Waals surface area contributed by atoms with Crippen LogP contribution in [0.2, 0.25) is 0 Å². The molecule has 0 bridgehead atoms. The van der Waals surface area contributed by atoms with E-state index in [9.17, 15) is 4.79 Å². The van der Waals surface area contributed by atoms with Crippen LogP contribution in [0.3, 0.4) is 0 Å². The van der Waals surface area contributed by atoms with Gasteiger partial charge in [0.05, 0.1) is 6.04 Å². The second-order valence-electron chi connectivity index (χ2n) is 4.53. The van der Waals surface area contributed by atoms with Gasteiger partial charge in [-0.25, -0.2) is 0 Å². The van der Waals surface area contributed by atoms with Crippen molar-refractivity contribution in [1.29, 1.82) is 0 Å². The Balaban J connectivity index is 1.79. The Labute approximate surface area is 115 Å². The number of hydrogen-bond donors (Lipinski definition) is 2. The van der Waals surface area contributed by atoms with Crippen molar-refractivity contribution in [3.8, 4) is 0 Å². The number of rotatable bonds is 3. The smallest absolute Gasteiger partial charge is 0.251 e. The van der Waals surface area contributed by atoms with E-state index in [1.54, 1.807) is 11.3 Å². The molecule has 0 spiro atoms. The maximum Gasteiger partial charge on any atom is 0.251 e. The first-order valence-corrected chi connectivity index (χ1v) is 7.08. The maximum atomic E-state index is 12.2. The van der Waals surface area contributed by atoms with E-state index in [1.807, 2.05) is 48.8 Å². The van der Waals surface area contributed by atoms with E-state index in [4.69, 9.17) is 0 Å². The Bertz CT molecular complexity index is 700. The topological polar surface area (TPSA) is 44.9 Å². The Morgan fingerprint density at radius 1 is 1.32 bits per heavy atom. The second-order valence-corrected chi connectivity index (χ2v) is 5.31. The minimum Gasteiger partial charge on any atom is -0.361 e. The van der Waals surface area contributed by atoms with E-state index in [1.165, 1.54) is 0 Å². The van der Waals surface area contributed by atoms with Crippen molar-refractivity contribution in [2.24, 2.45) is 0 Å². The minimum atomic E-state index is -0.0461. The zero-order valence-electron chi connectivity index (χ0n) is 10.5. The highest BCUT2D eigenvalue weighted by Crippen LogP contribution is 2.18. The monoisotopic (exact) mass is 270 g/mol. The van der Waals surface area contributed by atoms with Crippen LogP contribution in [0.15, 0.2) is 47.3 Å². The number of hydrogen-bond acceptors (Lipinski definition) is 2. The third-order valence-corrected chi connectivity index (χ3v) is 3.91. The summed E-state index contributed by atoms with van der Waals surface area (Å²) in [4.78, 5) is 15.3. The molecule has 0 aliphatic carbocycles. The summed E-state index contributed by atoms with van der Waals surface area (Å²) in [6.45, 7) is 1.99. The highest BCUT2D eigenvalue weighted by molar-refractivity contribution is 7.07. The Morgan fingerprint density at radius 3 is 3.00 bits per heavy atom. The van der Waals surface area contributed by atoms with Gasteiger partial charge in [-0.15, -0.1) is 0 Å². The van der Waals surface area contributed by atoms with Crippen molar-refractivity contribution in [1.82, 2.24) is 10.3 Å². The highest BCUT2D eigenvalue weighted by atomic mass is 32.1. The van der Waals surface area contributed by atoms with E-state index < -0.39 is 0 Å². The lowest BCUT2D eigenvalue weighted by atomic mass is 10.1. The molecule has 0 aliphatic heterocycles. The maximum absolute atomic E-state index is 12.2. The lowest BCUT2D eigenvalue weighted by molar-refractivity contribution is 0.0940. The van der Waals surface area contributed by atoms with Gasteiger partial charge in [-0.05, 0) is 52.9 Å². The van der Waals surface area contributed by atoms with Gasteiger partial charge in [0.1, 0.15) is 0 Å². The van der Waals surface area contributed by atoms with Crippen molar-refractivity contribution in [2.75, 3.05) is 0 Å². The van der Waals surface area contributed by atoms with Crippen LogP contribution in [0.25, 0.3) is 10.9 Å². The van der Waals surface area contributed by atoms with Gasteiger partial charge in [-0.2, -0.15) is 11.3 Å². The van der Waals surface area contributed by atoms with E-state index in [-0.39, 0.29) is 11.9 Å². The van der Waals surface area contributed by atoms with Gasteiger partial charge >= 0.3 is 0 Å². The molecule has 0 radical (unpaired) electrons. The predicted molar refractivity (Wildman–Crippen MR) is 78.5 cm³/mol. The van der Waals surface area contributed by atoms with Crippen molar-refractivity contribution in [3.63, 3.8) is 0 Å². The van der Waals surface area contributed by atoms with Crippen LogP contribution in [0.4, 0.5) is 0 Å². The quantitative estimate of drug-likeness (QED) is 0.748. The molecule has 3 aromatic rings. The molecule has 2 heterocycles. The Morgan fingerprint density at radius 2 is 2.21 bits per heavy atom. The largest absolute Gasteiger partial charge is 0.361 e. The van der Waals surface area contributed by atoms with E-state index in [2.05, 4.69) is 15.7 Å². The van der Waals surface area contributed by atoms with Crippen molar-refractivity contribution < 1.29 is 4.79 Å². The summed E-state index contributed by atoms with van der Waals surface area (Å²) < 4.78 is 0. The molecule has 1 amide bonds. The number of carbonyl (C=O) groups excluding carboxylic acids is 1. The summed E-state index contributed by atoms with van der Waals surface area (Å²) in [5, 5.41) is 8.19. The summed E-state index contributed by atoms with van der Waals surface area (Å²) in [6.07, 6.45) is 1.88. The first-order chi connectivity index (χ1) is 9.24. The first kappa shape index (κ1) is 12.0. The Kier molecular flexibility index (Phi) is 3.09. The van der Waals surface area contributed by atoms with Gasteiger partial charge in [0, 0.05) is 17.3 Å². The molecule has 0 fully saturated rings. The molecule has 0 saturated heterocycles. The predicted octanol–water partition coefficient (Wildman–Crippen LogP) is 3.72. The molecule has 1 unspecified atom stereocenters. The van der Waals surface area contributed by atoms with E-state index in [0.717, 1.165) is 16.5 Å². The van der Waals surface area contributed by atoms with Gasteiger partial charge in [-0.1, -0.05) is 6.07 Å². The standard InChI is InChI=1S/C15H14N2OS/c1-10(13-5-7-19-9-13)17-15(18)12-3-2-11-4-6-16-14(11)8-12/h2-10,16H,1H3,(H,17,18). The van der Waals surface area contributed by atoms with Gasteiger partial charge in [0.2, 0.25) is 0 Å². The molecule has 3 rings (SSSR count). The summed E-state index contributed by atoms with van der Waals surface area (Å²) in [7, 11) is 0. The fraction of sp³-hybridized carbons (Fsp3) is 0.133. The number of benzene rings is 1. The molecule has 2 N–H and O–H groups in total. The van der Waals surface area contributed by atoms with Crippen LogP contribution in [0.1, 0.15) is 28.9 Å². The highest BCUT2D eigenvalue weighted by Gasteiger charge is 2.12. The number of amides is 1. The van der Waals surface area contributed by atoms with Crippen molar-refractivity contribution >= 4 is 28.1 Å². The lowest BCUT2D eigenvalue weighted by Crippen LogP contribution is -2.26. The minimum absolute atomic E-state index is 0.0260. The Hall–Kier alpha value is -2.07. The van der Waals surface area contributed by atoms with Crippen LogP contribution < -0.4 is 5.32 Å². The van der Waals surface area contributed by atoms with Crippen LogP contribution >= 0.6 is 11.3 Å². The number of thiophene rings is 1. The van der Waals surface area contributed by atoms with Gasteiger partial charge in [0.15, 0.2) is 0 Å². The number of H-pyrrole nitrogens is 1. The second kappa shape index (κ2) is 4.90. The SMILES string of the molecule is CC(NC(=O)c1ccc2cc[nH]c2c1)c1ccsc1. The van der Waals surface area contributed by atoms with Crippen LogP contribution in [0, 0.1) is 0 Å². The molecule has 4 heteroatoms. The van der Waals surface area contributed by atoms with Crippen LogP contribution in [0.5, 0.6) is 0 Å². The van der Waals surface area contributed by atoms with Gasteiger partial charge in [-0.3, -0.25) is 4.79 Å². The number of aromatic amines is 1. The average molecular weight is 270 g/mol. The molecule has 19 heavy (non-hydrogen) atoms. The molecule has 1 atom stereocenters. The number of carbonyl (C=O) groups is 1. The number of fused-ring (bicyclic) bond motifs is 1. The summed E-state index contributed by atoms with van der Waals surface area (Å²) in [5.41, 5.74) is 2.80. The molecular formula is C15H14N2OS.